The second-order valence-electron chi connectivity index (χ2n) is 16.0. The average Bonchev–Trinajstić information content (AvgIpc) is 3.98. The fourth-order valence-corrected chi connectivity index (χ4v) is 8.69. The molecule has 346 valence electrons. The molecule has 0 atom stereocenters. The number of hydrogen-bond acceptors (Lipinski definition) is 9. The Morgan fingerprint density at radius 2 is 1.45 bits per heavy atom. The highest BCUT2D eigenvalue weighted by Crippen LogP contribution is 2.28. The van der Waals surface area contributed by atoms with E-state index in [-0.39, 0.29) is 34.3 Å². The van der Waals surface area contributed by atoms with Gasteiger partial charge in [-0.3, -0.25) is 24.1 Å². The average molecular weight is 917 g/mol. The van der Waals surface area contributed by atoms with Crippen LogP contribution < -0.4 is 21.1 Å². The number of esters is 1. The predicted molar refractivity (Wildman–Crippen MR) is 254 cm³/mol. The number of benzene rings is 4. The molecule has 6 rings (SSSR count). The number of nitrogens with one attached hydrogen (secondary N) is 5. The number of likely N-dealkylation sites (N-methyl/N-ethyl adjacent to an activating group) is 1. The van der Waals surface area contributed by atoms with Crippen LogP contribution in [-0.4, -0.2) is 97.6 Å². The van der Waals surface area contributed by atoms with Crippen LogP contribution in [0.5, 0.6) is 0 Å². The number of rotatable bonds is 22. The van der Waals surface area contributed by atoms with Crippen molar-refractivity contribution >= 4 is 62.0 Å². The number of amides is 4. The SMILES string of the molecule is CCC(CC)N(CCN(C)C(=O)CNS(=O)(=O)c1c[nH]c(C(N)=O)c1)Cc1cccc(C(=O)Nc2[nH]c3ccccc3c2C(=O)Nc2ccc(CCCc3ccc(C(=O)OC)cc3)cc2)c1. The maximum Gasteiger partial charge on any atom is 0.337 e. The molecular formula is C49H56N8O8S. The van der Waals surface area contributed by atoms with Crippen LogP contribution in [0.1, 0.15) is 91.4 Å². The van der Waals surface area contributed by atoms with Crippen molar-refractivity contribution in [3.8, 4) is 0 Å². The molecule has 66 heavy (non-hydrogen) atoms. The second-order valence-corrected chi connectivity index (χ2v) is 17.7. The van der Waals surface area contributed by atoms with Crippen LogP contribution in [0, 0.1) is 0 Å². The van der Waals surface area contributed by atoms with Gasteiger partial charge >= 0.3 is 5.97 Å². The minimum Gasteiger partial charge on any atom is -0.465 e. The van der Waals surface area contributed by atoms with Gasteiger partial charge in [0.2, 0.25) is 15.9 Å². The molecule has 17 heteroatoms. The minimum absolute atomic E-state index is 0.0684. The lowest BCUT2D eigenvalue weighted by atomic mass is 10.0. The summed E-state index contributed by atoms with van der Waals surface area (Å²) >= 11 is 0. The molecule has 0 radical (unpaired) electrons. The van der Waals surface area contributed by atoms with Crippen molar-refractivity contribution in [3.63, 3.8) is 0 Å². The lowest BCUT2D eigenvalue weighted by Crippen LogP contribution is -2.43. The molecule has 2 heterocycles. The van der Waals surface area contributed by atoms with Crippen LogP contribution in [0.4, 0.5) is 11.5 Å². The smallest absolute Gasteiger partial charge is 0.337 e. The Bertz CT molecular complexity index is 2780. The summed E-state index contributed by atoms with van der Waals surface area (Å²) in [4.78, 5) is 73.2. The molecule has 0 aliphatic rings. The van der Waals surface area contributed by atoms with Gasteiger partial charge in [0, 0.05) is 61.1 Å². The van der Waals surface area contributed by atoms with E-state index in [1.54, 1.807) is 31.3 Å². The van der Waals surface area contributed by atoms with Crippen molar-refractivity contribution in [2.45, 2.75) is 63.4 Å². The monoisotopic (exact) mass is 916 g/mol. The first-order chi connectivity index (χ1) is 31.7. The number of aromatic amines is 2. The quantitative estimate of drug-likeness (QED) is 0.0409. The Kier molecular flexibility index (Phi) is 16.3. The number of methoxy groups -OCH3 is 1. The molecular weight excluding hydrogens is 861 g/mol. The van der Waals surface area contributed by atoms with Crippen LogP contribution in [0.25, 0.3) is 10.9 Å². The molecule has 0 spiro atoms. The normalized spacial score (nSPS) is 11.5. The van der Waals surface area contributed by atoms with Gasteiger partial charge in [-0.25, -0.2) is 17.9 Å². The fourth-order valence-electron chi connectivity index (χ4n) is 7.72. The van der Waals surface area contributed by atoms with Gasteiger partial charge in [-0.1, -0.05) is 68.4 Å². The zero-order chi connectivity index (χ0) is 47.4. The topological polar surface area (TPSA) is 229 Å². The molecule has 4 amide bonds. The van der Waals surface area contributed by atoms with E-state index in [1.807, 2.05) is 72.8 Å². The van der Waals surface area contributed by atoms with Gasteiger partial charge < -0.3 is 36.0 Å². The van der Waals surface area contributed by atoms with Crippen molar-refractivity contribution in [1.82, 2.24) is 24.5 Å². The molecule has 0 aliphatic heterocycles. The summed E-state index contributed by atoms with van der Waals surface area (Å²) < 4.78 is 32.5. The molecule has 0 fully saturated rings. The number of nitrogens with two attached hydrogens (primary N) is 1. The van der Waals surface area contributed by atoms with Gasteiger partial charge in [-0.15, -0.1) is 0 Å². The third-order valence-corrected chi connectivity index (χ3v) is 12.9. The summed E-state index contributed by atoms with van der Waals surface area (Å²) in [6.07, 6.45) is 5.38. The molecule has 7 N–H and O–H groups in total. The van der Waals surface area contributed by atoms with Crippen LogP contribution in [0.2, 0.25) is 0 Å². The number of anilines is 2. The number of H-pyrrole nitrogens is 2. The van der Waals surface area contributed by atoms with Crippen molar-refractivity contribution in [2.75, 3.05) is 44.4 Å². The number of para-hydroxylation sites is 1. The molecule has 2 aromatic heterocycles. The second kappa shape index (κ2) is 22.2. The van der Waals surface area contributed by atoms with Crippen LogP contribution >= 0.6 is 0 Å². The summed E-state index contributed by atoms with van der Waals surface area (Å²) in [7, 11) is -1.11. The molecule has 4 aromatic carbocycles. The highest BCUT2D eigenvalue weighted by molar-refractivity contribution is 7.89. The van der Waals surface area contributed by atoms with Crippen LogP contribution in [0.3, 0.4) is 0 Å². The third-order valence-electron chi connectivity index (χ3n) is 11.5. The number of aromatic nitrogens is 2. The minimum atomic E-state index is -4.08. The highest BCUT2D eigenvalue weighted by atomic mass is 32.2. The Balaban J connectivity index is 1.07. The van der Waals surface area contributed by atoms with E-state index in [9.17, 15) is 32.4 Å². The maximum atomic E-state index is 13.9. The van der Waals surface area contributed by atoms with E-state index in [4.69, 9.17) is 10.5 Å². The number of sulfonamides is 1. The van der Waals surface area contributed by atoms with E-state index < -0.39 is 34.3 Å². The molecule has 0 saturated carbocycles. The number of aryl methyl sites for hydroxylation is 2. The van der Waals surface area contributed by atoms with E-state index >= 15 is 0 Å². The molecule has 6 aromatic rings. The summed E-state index contributed by atoms with van der Waals surface area (Å²) in [5.74, 6) is -2.15. The number of carbonyl (C=O) groups is 5. The highest BCUT2D eigenvalue weighted by Gasteiger charge is 2.24. The molecule has 16 nitrogen and oxygen atoms in total. The van der Waals surface area contributed by atoms with Crippen molar-refractivity contribution in [2.24, 2.45) is 5.73 Å². The summed E-state index contributed by atoms with van der Waals surface area (Å²) in [6.45, 7) is 4.95. The van der Waals surface area contributed by atoms with E-state index in [2.05, 4.69) is 44.1 Å². The fraction of sp³-hybridized carbons (Fsp3) is 0.286. The van der Waals surface area contributed by atoms with Crippen LogP contribution in [-0.2, 0) is 38.9 Å². The van der Waals surface area contributed by atoms with Gasteiger partial charge in [0.15, 0.2) is 0 Å². The van der Waals surface area contributed by atoms with Crippen molar-refractivity contribution < 1.29 is 37.1 Å². The van der Waals surface area contributed by atoms with Gasteiger partial charge in [-0.05, 0) is 97.3 Å². The predicted octanol–water partition coefficient (Wildman–Crippen LogP) is 6.49. The zero-order valence-corrected chi connectivity index (χ0v) is 38.3. The largest absolute Gasteiger partial charge is 0.465 e. The number of primary amides is 1. The molecule has 0 saturated heterocycles. The van der Waals surface area contributed by atoms with E-state index in [0.717, 1.165) is 61.1 Å². The van der Waals surface area contributed by atoms with Gasteiger partial charge in [-0.2, -0.15) is 0 Å². The number of carbonyl (C=O) groups excluding carboxylic acids is 5. The lowest BCUT2D eigenvalue weighted by molar-refractivity contribution is -0.128. The summed E-state index contributed by atoms with van der Waals surface area (Å²) in [6, 6.07) is 30.9. The van der Waals surface area contributed by atoms with Crippen LogP contribution in [0.15, 0.2) is 114 Å². The third kappa shape index (κ3) is 12.4. The number of ether oxygens (including phenoxy) is 1. The Morgan fingerprint density at radius 3 is 2.11 bits per heavy atom. The van der Waals surface area contributed by atoms with Crippen molar-refractivity contribution in [3.05, 3.63) is 148 Å². The Morgan fingerprint density at radius 1 is 0.773 bits per heavy atom. The summed E-state index contributed by atoms with van der Waals surface area (Å²) in [5, 5.41) is 6.60. The van der Waals surface area contributed by atoms with Crippen molar-refractivity contribution in [1.29, 1.82) is 0 Å². The number of hydrogen-bond donors (Lipinski definition) is 6. The maximum absolute atomic E-state index is 13.9. The number of fused-ring (bicyclic) bond motifs is 1. The van der Waals surface area contributed by atoms with Gasteiger partial charge in [0.25, 0.3) is 17.7 Å². The molecule has 0 bridgehead atoms. The lowest BCUT2D eigenvalue weighted by Gasteiger charge is -2.32. The molecule has 0 aliphatic carbocycles. The van der Waals surface area contributed by atoms with E-state index in [0.29, 0.717) is 52.9 Å². The Hall–Kier alpha value is -7.08. The first-order valence-electron chi connectivity index (χ1n) is 21.7. The summed E-state index contributed by atoms with van der Waals surface area (Å²) in [5.41, 5.74) is 10.7. The zero-order valence-electron chi connectivity index (χ0n) is 37.5. The number of nitrogens with zero attached hydrogens (tertiary/aromatic N) is 2. The standard InChI is InChI=1S/C49H56N8O8S/c1-5-38(6-2)57(26-25-56(3)43(58)30-52-66(63,64)39-28-42(45(50)59)51-29-39)31-34-13-10-14-36(27-34)47(60)55-46-44(40-15-7-8-16-41(40)54-46)48(61)53-37-23-19-33(20-24-37)12-9-11-32-17-21-35(22-18-32)49(62)65-4/h7-8,10,13-24,27-29,38,51-52,54H,5-6,9,11-12,25-26,30-31H2,1-4H3,(H2,50,59)(H,53,61)(H,55,60). The van der Waals surface area contributed by atoms with Gasteiger partial charge in [0.05, 0.1) is 24.8 Å². The Labute approximate surface area is 384 Å². The van der Waals surface area contributed by atoms with E-state index in [1.165, 1.54) is 12.0 Å². The first-order valence-corrected chi connectivity index (χ1v) is 23.2. The first kappa shape index (κ1) is 48.4. The van der Waals surface area contributed by atoms with Gasteiger partial charge in [0.1, 0.15) is 16.4 Å². The molecule has 0 unspecified atom stereocenters.